The van der Waals surface area contributed by atoms with Crippen molar-refractivity contribution in [3.8, 4) is 11.5 Å². The van der Waals surface area contributed by atoms with E-state index in [4.69, 9.17) is 16.3 Å². The lowest BCUT2D eigenvalue weighted by atomic mass is 10.00. The summed E-state index contributed by atoms with van der Waals surface area (Å²) in [4.78, 5) is 13.2. The Hall–Kier alpha value is -3.03. The third-order valence-electron chi connectivity index (χ3n) is 5.88. The Morgan fingerprint density at radius 2 is 2.03 bits per heavy atom. The van der Waals surface area contributed by atoms with Crippen molar-refractivity contribution in [3.05, 3.63) is 82.2 Å². The number of aromatic nitrogens is 2. The summed E-state index contributed by atoms with van der Waals surface area (Å²) in [6, 6.07) is 11.0. The summed E-state index contributed by atoms with van der Waals surface area (Å²) < 4.78 is 20.9. The minimum absolute atomic E-state index is 0.0784. The Morgan fingerprint density at radius 3 is 2.71 bits per heavy atom. The molecule has 0 spiro atoms. The molecule has 0 bridgehead atoms. The van der Waals surface area contributed by atoms with Gasteiger partial charge < -0.3 is 4.74 Å². The smallest absolute Gasteiger partial charge is 0.175 e. The van der Waals surface area contributed by atoms with Gasteiger partial charge in [0.05, 0.1) is 12.2 Å². The van der Waals surface area contributed by atoms with E-state index in [1.165, 1.54) is 11.8 Å². The summed E-state index contributed by atoms with van der Waals surface area (Å²) in [5.74, 6) is 0.876. The number of halogens is 2. The minimum Gasteiger partial charge on any atom is -0.450 e. The number of benzene rings is 2. The molecule has 1 fully saturated rings. The Labute approximate surface area is 203 Å². The van der Waals surface area contributed by atoms with Crippen LogP contribution in [0.5, 0.6) is 11.5 Å². The van der Waals surface area contributed by atoms with Gasteiger partial charge in [-0.05, 0) is 68.7 Å². The zero-order chi connectivity index (χ0) is 24.2. The van der Waals surface area contributed by atoms with Crippen LogP contribution in [0.1, 0.15) is 52.5 Å². The van der Waals surface area contributed by atoms with Gasteiger partial charge in [-0.15, -0.1) is 11.6 Å². The van der Waals surface area contributed by atoms with E-state index < -0.39 is 0 Å². The molecule has 1 aliphatic rings. The summed E-state index contributed by atoms with van der Waals surface area (Å²) >= 11 is 6.23. The molecule has 2 N–H and O–H groups in total. The maximum Gasteiger partial charge on any atom is 0.175 e. The van der Waals surface area contributed by atoms with Gasteiger partial charge in [0.25, 0.3) is 0 Å². The highest BCUT2D eigenvalue weighted by molar-refractivity contribution is 6.18. The average Bonchev–Trinajstić information content (AvgIpc) is 3.66. The Morgan fingerprint density at radius 1 is 1.24 bits per heavy atom. The number of nitrogens with one attached hydrogen (secondary N) is 1. The maximum absolute atomic E-state index is 15.0. The van der Waals surface area contributed by atoms with Crippen LogP contribution in [-0.4, -0.2) is 32.9 Å². The van der Waals surface area contributed by atoms with Gasteiger partial charge in [0.15, 0.2) is 28.8 Å². The number of hydroxylamine groups is 1. The zero-order valence-electron chi connectivity index (χ0n) is 19.5. The van der Waals surface area contributed by atoms with Gasteiger partial charge in [-0.1, -0.05) is 35.9 Å². The number of rotatable bonds is 8. The fraction of sp³-hybridized carbons (Fsp3) is 0.346. The third kappa shape index (κ3) is 5.54. The molecule has 4 rings (SSSR count). The molecule has 8 heteroatoms. The number of nitrogens with zero attached hydrogens (tertiary/aromatic N) is 3. The van der Waals surface area contributed by atoms with Gasteiger partial charge in [-0.2, -0.15) is 0 Å². The highest BCUT2D eigenvalue weighted by Gasteiger charge is 2.28. The first-order chi connectivity index (χ1) is 16.4. The zero-order valence-corrected chi connectivity index (χ0v) is 20.2. The third-order valence-corrected chi connectivity index (χ3v) is 6.24. The van der Waals surface area contributed by atoms with Crippen molar-refractivity contribution >= 4 is 17.4 Å². The number of hydrogen-bond donors (Lipinski definition) is 2. The largest absolute Gasteiger partial charge is 0.450 e. The van der Waals surface area contributed by atoms with Crippen molar-refractivity contribution in [1.29, 1.82) is 0 Å². The molecule has 0 radical (unpaired) electrons. The molecule has 1 saturated carbocycles. The number of aryl methyl sites for hydroxylation is 3. The van der Waals surface area contributed by atoms with E-state index in [-0.39, 0.29) is 46.7 Å². The van der Waals surface area contributed by atoms with Crippen LogP contribution in [-0.2, 0) is 6.42 Å². The van der Waals surface area contributed by atoms with E-state index in [2.05, 4.69) is 32.6 Å². The standard InChI is InChI=1S/C26H28ClFN4O2/c1-15-7-8-19(16(2)11-15)12-20(13-27)31-26(32-33)25-23(14-29-17(3)30-25)34-22-6-4-5-21(24(22)28)18-9-10-18/h4-8,11,14,18,20,33H,9-10,12-13H2,1-3H3,(H,31,32)/t20-/m1/s1. The van der Waals surface area contributed by atoms with Crippen molar-refractivity contribution in [3.63, 3.8) is 0 Å². The first kappa shape index (κ1) is 24.1. The van der Waals surface area contributed by atoms with Crippen LogP contribution in [0.4, 0.5) is 4.39 Å². The molecule has 1 aliphatic carbocycles. The molecular weight excluding hydrogens is 455 g/mol. The maximum atomic E-state index is 15.0. The van der Waals surface area contributed by atoms with Gasteiger partial charge in [0, 0.05) is 5.88 Å². The molecule has 34 heavy (non-hydrogen) atoms. The molecular formula is C26H28ClFN4O2. The first-order valence-electron chi connectivity index (χ1n) is 11.3. The highest BCUT2D eigenvalue weighted by atomic mass is 35.5. The molecule has 3 aromatic rings. The predicted molar refractivity (Wildman–Crippen MR) is 131 cm³/mol. The molecule has 1 atom stereocenters. The second-order valence-corrected chi connectivity index (χ2v) is 9.01. The molecule has 0 amide bonds. The van der Waals surface area contributed by atoms with Crippen molar-refractivity contribution in [2.24, 2.45) is 4.99 Å². The number of aliphatic imine (C=N–C) groups is 1. The highest BCUT2D eigenvalue weighted by Crippen LogP contribution is 2.43. The lowest BCUT2D eigenvalue weighted by Crippen LogP contribution is -2.27. The molecule has 1 heterocycles. The molecule has 178 valence electrons. The number of ether oxygens (including phenoxy) is 1. The fourth-order valence-electron chi connectivity index (χ4n) is 3.93. The Bertz CT molecular complexity index is 1210. The Kier molecular flexibility index (Phi) is 7.44. The number of hydrogen-bond acceptors (Lipinski definition) is 5. The lowest BCUT2D eigenvalue weighted by molar-refractivity contribution is 0.233. The summed E-state index contributed by atoms with van der Waals surface area (Å²) in [5.41, 5.74) is 6.45. The van der Waals surface area contributed by atoms with E-state index in [1.54, 1.807) is 25.1 Å². The van der Waals surface area contributed by atoms with Crippen LogP contribution in [0.15, 0.2) is 47.6 Å². The van der Waals surface area contributed by atoms with Crippen molar-refractivity contribution in [2.45, 2.75) is 52.0 Å². The van der Waals surface area contributed by atoms with Crippen LogP contribution < -0.4 is 10.2 Å². The minimum atomic E-state index is -0.388. The SMILES string of the molecule is Cc1ccc(C[C@H](CCl)N=C(NO)c2nc(C)ncc2Oc2cccc(C3CC3)c2F)c(C)c1. The topological polar surface area (TPSA) is 79.6 Å². The monoisotopic (exact) mass is 482 g/mol. The van der Waals surface area contributed by atoms with Crippen LogP contribution in [0.25, 0.3) is 0 Å². The van der Waals surface area contributed by atoms with Crippen molar-refractivity contribution in [1.82, 2.24) is 15.4 Å². The van der Waals surface area contributed by atoms with E-state index in [9.17, 15) is 5.21 Å². The van der Waals surface area contributed by atoms with E-state index >= 15 is 4.39 Å². The molecule has 2 aromatic carbocycles. The first-order valence-corrected chi connectivity index (χ1v) is 11.8. The summed E-state index contributed by atoms with van der Waals surface area (Å²) in [6.07, 6.45) is 3.99. The van der Waals surface area contributed by atoms with Gasteiger partial charge in [-0.25, -0.2) is 14.4 Å². The summed E-state index contributed by atoms with van der Waals surface area (Å²) in [7, 11) is 0. The average molecular weight is 483 g/mol. The lowest BCUT2D eigenvalue weighted by Gasteiger charge is -2.16. The summed E-state index contributed by atoms with van der Waals surface area (Å²) in [6.45, 7) is 5.81. The van der Waals surface area contributed by atoms with E-state index in [0.29, 0.717) is 17.8 Å². The Balaban J connectivity index is 1.65. The van der Waals surface area contributed by atoms with Gasteiger partial charge >= 0.3 is 0 Å². The number of alkyl halides is 1. The van der Waals surface area contributed by atoms with E-state index in [0.717, 1.165) is 24.0 Å². The van der Waals surface area contributed by atoms with Crippen molar-refractivity contribution in [2.75, 3.05) is 5.88 Å². The van der Waals surface area contributed by atoms with Crippen LogP contribution >= 0.6 is 11.6 Å². The normalized spacial score (nSPS) is 14.7. The number of amidine groups is 1. The second-order valence-electron chi connectivity index (χ2n) is 8.70. The molecule has 0 saturated heterocycles. The molecule has 0 aliphatic heterocycles. The molecule has 0 unspecified atom stereocenters. The van der Waals surface area contributed by atoms with Gasteiger partial charge in [0.1, 0.15) is 5.82 Å². The van der Waals surface area contributed by atoms with Gasteiger partial charge in [0.2, 0.25) is 0 Å². The van der Waals surface area contributed by atoms with Crippen molar-refractivity contribution < 1.29 is 14.3 Å². The molecule has 1 aromatic heterocycles. The fourth-order valence-corrected chi connectivity index (χ4v) is 4.11. The van der Waals surface area contributed by atoms with Crippen LogP contribution in [0.2, 0.25) is 0 Å². The summed E-state index contributed by atoms with van der Waals surface area (Å²) in [5, 5.41) is 9.93. The van der Waals surface area contributed by atoms with Crippen LogP contribution in [0, 0.1) is 26.6 Å². The quantitative estimate of drug-likeness (QED) is 0.184. The second kappa shape index (κ2) is 10.5. The van der Waals surface area contributed by atoms with Crippen LogP contribution in [0.3, 0.4) is 0 Å². The van der Waals surface area contributed by atoms with Gasteiger partial charge in [-0.3, -0.25) is 15.7 Å². The molecule has 6 nitrogen and oxygen atoms in total. The van der Waals surface area contributed by atoms with E-state index in [1.807, 2.05) is 19.9 Å². The predicted octanol–water partition coefficient (Wildman–Crippen LogP) is 5.79.